The summed E-state index contributed by atoms with van der Waals surface area (Å²) in [4.78, 5) is 0.187. The van der Waals surface area contributed by atoms with E-state index in [0.29, 0.717) is 23.3 Å². The Balaban J connectivity index is 2.16. The Morgan fingerprint density at radius 2 is 1.81 bits per heavy atom. The summed E-state index contributed by atoms with van der Waals surface area (Å²) >= 11 is 0. The van der Waals surface area contributed by atoms with Gasteiger partial charge in [-0.15, -0.1) is 0 Å². The van der Waals surface area contributed by atoms with Crippen LogP contribution < -0.4 is 15.2 Å². The molecule has 2 unspecified atom stereocenters. The lowest BCUT2D eigenvalue weighted by atomic mass is 9.81. The highest BCUT2D eigenvalue weighted by atomic mass is 32.2. The Labute approximate surface area is 126 Å². The fraction of sp³-hybridized carbons (Fsp3) is 0.600. The Kier molecular flexibility index (Phi) is 4.78. The van der Waals surface area contributed by atoms with Gasteiger partial charge < -0.3 is 10.5 Å². The summed E-state index contributed by atoms with van der Waals surface area (Å²) in [5, 5.41) is 0. The molecule has 1 fully saturated rings. The van der Waals surface area contributed by atoms with Crippen molar-refractivity contribution < 1.29 is 13.2 Å². The van der Waals surface area contributed by atoms with Gasteiger partial charge in [0.25, 0.3) is 0 Å². The van der Waals surface area contributed by atoms with Crippen molar-refractivity contribution in [1.82, 2.24) is 4.72 Å². The molecule has 1 aliphatic carbocycles. The maximum Gasteiger partial charge on any atom is 0.240 e. The van der Waals surface area contributed by atoms with E-state index in [2.05, 4.69) is 18.6 Å². The van der Waals surface area contributed by atoms with Crippen LogP contribution >= 0.6 is 0 Å². The molecule has 0 heterocycles. The van der Waals surface area contributed by atoms with Gasteiger partial charge in [0.2, 0.25) is 10.0 Å². The molecule has 0 amide bonds. The van der Waals surface area contributed by atoms with E-state index in [0.717, 1.165) is 19.3 Å². The van der Waals surface area contributed by atoms with Gasteiger partial charge in [0, 0.05) is 6.04 Å². The van der Waals surface area contributed by atoms with Gasteiger partial charge in [-0.25, -0.2) is 13.1 Å². The van der Waals surface area contributed by atoms with Crippen molar-refractivity contribution in [2.75, 3.05) is 12.8 Å². The summed E-state index contributed by atoms with van der Waals surface area (Å²) in [7, 11) is -2.04. The molecule has 0 aliphatic heterocycles. The van der Waals surface area contributed by atoms with Crippen LogP contribution in [0.1, 0.15) is 33.1 Å². The van der Waals surface area contributed by atoms with Gasteiger partial charge in [-0.1, -0.05) is 13.8 Å². The van der Waals surface area contributed by atoms with Crippen molar-refractivity contribution >= 4 is 15.7 Å². The normalized spacial score (nSPS) is 26.5. The van der Waals surface area contributed by atoms with Gasteiger partial charge in [0.1, 0.15) is 5.75 Å². The molecule has 0 saturated heterocycles. The van der Waals surface area contributed by atoms with Crippen molar-refractivity contribution in [3.63, 3.8) is 0 Å². The molecule has 1 saturated carbocycles. The highest BCUT2D eigenvalue weighted by Crippen LogP contribution is 2.30. The zero-order valence-corrected chi connectivity index (χ0v) is 13.6. The molecule has 1 aromatic rings. The second-order valence-electron chi connectivity index (χ2n) is 6.14. The van der Waals surface area contributed by atoms with E-state index in [-0.39, 0.29) is 10.9 Å². The van der Waals surface area contributed by atoms with Crippen LogP contribution in [0.3, 0.4) is 0 Å². The second kappa shape index (κ2) is 6.23. The maximum absolute atomic E-state index is 12.5. The van der Waals surface area contributed by atoms with E-state index in [4.69, 9.17) is 10.5 Å². The molecule has 2 rings (SSSR count). The molecule has 0 spiro atoms. The molecule has 1 aromatic carbocycles. The molecule has 21 heavy (non-hydrogen) atoms. The number of anilines is 1. The monoisotopic (exact) mass is 312 g/mol. The van der Waals surface area contributed by atoms with Crippen LogP contribution in [0.15, 0.2) is 23.1 Å². The second-order valence-corrected chi connectivity index (χ2v) is 7.85. The zero-order chi connectivity index (χ0) is 15.6. The van der Waals surface area contributed by atoms with Crippen molar-refractivity contribution in [3.8, 4) is 5.75 Å². The summed E-state index contributed by atoms with van der Waals surface area (Å²) in [5.74, 6) is 1.57. The predicted molar refractivity (Wildman–Crippen MR) is 83.7 cm³/mol. The first-order chi connectivity index (χ1) is 9.81. The Morgan fingerprint density at radius 1 is 1.19 bits per heavy atom. The van der Waals surface area contributed by atoms with Gasteiger partial charge in [-0.05, 0) is 49.3 Å². The molecule has 3 N–H and O–H groups in total. The molecular weight excluding hydrogens is 288 g/mol. The van der Waals surface area contributed by atoms with Gasteiger partial charge in [-0.3, -0.25) is 0 Å². The number of benzene rings is 1. The quantitative estimate of drug-likeness (QED) is 0.836. The number of hydrogen-bond acceptors (Lipinski definition) is 4. The molecular formula is C15H24N2O3S. The van der Waals surface area contributed by atoms with Crippen LogP contribution in [-0.4, -0.2) is 21.6 Å². The number of methoxy groups -OCH3 is 1. The largest absolute Gasteiger partial charge is 0.495 e. The third kappa shape index (κ3) is 3.89. The minimum absolute atomic E-state index is 0.00271. The van der Waals surface area contributed by atoms with Crippen molar-refractivity contribution in [3.05, 3.63) is 18.2 Å². The number of ether oxygens (including phenoxy) is 1. The van der Waals surface area contributed by atoms with E-state index < -0.39 is 10.0 Å². The van der Waals surface area contributed by atoms with Gasteiger partial charge in [0.15, 0.2) is 0 Å². The van der Waals surface area contributed by atoms with Crippen LogP contribution in [0.2, 0.25) is 0 Å². The average Bonchev–Trinajstić information content (AvgIpc) is 2.36. The fourth-order valence-corrected chi connectivity index (χ4v) is 4.51. The summed E-state index contributed by atoms with van der Waals surface area (Å²) in [6.45, 7) is 4.34. The first kappa shape index (κ1) is 16.1. The number of rotatable bonds is 4. The molecule has 0 radical (unpaired) electrons. The maximum atomic E-state index is 12.5. The van der Waals surface area contributed by atoms with E-state index in [1.54, 1.807) is 6.07 Å². The minimum atomic E-state index is -3.54. The lowest BCUT2D eigenvalue weighted by molar-refractivity contribution is 0.257. The summed E-state index contributed by atoms with van der Waals surface area (Å²) in [6, 6.07) is 4.54. The molecule has 0 aromatic heterocycles. The first-order valence-electron chi connectivity index (χ1n) is 7.27. The third-order valence-corrected chi connectivity index (χ3v) is 5.53. The SMILES string of the molecule is COc1ccc(S(=O)(=O)NC2CC(C)CC(C)C2)cc1N. The van der Waals surface area contributed by atoms with Gasteiger partial charge >= 0.3 is 0 Å². The lowest BCUT2D eigenvalue weighted by Gasteiger charge is -2.31. The van der Waals surface area contributed by atoms with Crippen LogP contribution in [0.25, 0.3) is 0 Å². The Bertz CT molecular complexity index is 591. The molecule has 1 aliphatic rings. The number of sulfonamides is 1. The van der Waals surface area contributed by atoms with E-state index in [1.807, 2.05) is 0 Å². The van der Waals surface area contributed by atoms with Crippen LogP contribution in [0.4, 0.5) is 5.69 Å². The molecule has 0 bridgehead atoms. The van der Waals surface area contributed by atoms with E-state index in [1.165, 1.54) is 19.2 Å². The van der Waals surface area contributed by atoms with Crippen LogP contribution in [0.5, 0.6) is 5.75 Å². The zero-order valence-electron chi connectivity index (χ0n) is 12.8. The summed E-state index contributed by atoms with van der Waals surface area (Å²) in [5.41, 5.74) is 6.11. The highest BCUT2D eigenvalue weighted by Gasteiger charge is 2.28. The van der Waals surface area contributed by atoms with Crippen molar-refractivity contribution in [2.24, 2.45) is 11.8 Å². The smallest absolute Gasteiger partial charge is 0.240 e. The number of nitrogen functional groups attached to an aromatic ring is 1. The van der Waals surface area contributed by atoms with Gasteiger partial charge in [0.05, 0.1) is 17.7 Å². The van der Waals surface area contributed by atoms with Crippen LogP contribution in [-0.2, 0) is 10.0 Å². The van der Waals surface area contributed by atoms with Crippen molar-refractivity contribution in [2.45, 2.75) is 44.0 Å². The van der Waals surface area contributed by atoms with Gasteiger partial charge in [-0.2, -0.15) is 0 Å². The van der Waals surface area contributed by atoms with E-state index >= 15 is 0 Å². The first-order valence-corrected chi connectivity index (χ1v) is 8.76. The molecule has 2 atom stereocenters. The Hall–Kier alpha value is -1.27. The number of nitrogens with one attached hydrogen (secondary N) is 1. The summed E-state index contributed by atoms with van der Waals surface area (Å²) in [6.07, 6.45) is 2.93. The predicted octanol–water partition coefficient (Wildman–Crippen LogP) is 2.38. The van der Waals surface area contributed by atoms with Crippen molar-refractivity contribution in [1.29, 1.82) is 0 Å². The highest BCUT2D eigenvalue weighted by molar-refractivity contribution is 7.89. The third-order valence-electron chi connectivity index (χ3n) is 4.01. The topological polar surface area (TPSA) is 81.4 Å². The van der Waals surface area contributed by atoms with Crippen LogP contribution in [0, 0.1) is 11.8 Å². The molecule has 118 valence electrons. The molecule has 5 nitrogen and oxygen atoms in total. The summed E-state index contributed by atoms with van der Waals surface area (Å²) < 4.78 is 32.8. The standard InChI is InChI=1S/C15H24N2O3S/c1-10-6-11(2)8-12(7-10)17-21(18,19)13-4-5-15(20-3)14(16)9-13/h4-5,9-12,17H,6-8,16H2,1-3H3. The molecule has 6 heteroatoms. The minimum Gasteiger partial charge on any atom is -0.495 e. The van der Waals surface area contributed by atoms with E-state index in [9.17, 15) is 8.42 Å². The number of nitrogens with two attached hydrogens (primary N) is 1. The Morgan fingerprint density at radius 3 is 2.33 bits per heavy atom. The fourth-order valence-electron chi connectivity index (χ4n) is 3.21. The average molecular weight is 312 g/mol. The lowest BCUT2D eigenvalue weighted by Crippen LogP contribution is -2.40. The number of hydrogen-bond donors (Lipinski definition) is 2.